The molecule has 1 aliphatic heterocycles. The Morgan fingerprint density at radius 1 is 1.30 bits per heavy atom. The van der Waals surface area contributed by atoms with Gasteiger partial charge in [0.2, 0.25) is 5.91 Å². The number of halogens is 1. The first kappa shape index (κ1) is 13.3. The number of hydrogen-bond acceptors (Lipinski definition) is 3. The largest absolute Gasteiger partial charge is 0.342 e. The second-order valence-corrected chi connectivity index (χ2v) is 5.92. The minimum atomic E-state index is -0.156. The molecule has 1 unspecified atom stereocenters. The molecule has 0 radical (unpaired) electrons. The third-order valence-electron chi connectivity index (χ3n) is 3.63. The van der Waals surface area contributed by atoms with E-state index in [-0.39, 0.29) is 17.9 Å². The third kappa shape index (κ3) is 2.47. The Morgan fingerprint density at radius 2 is 1.90 bits per heavy atom. The molecule has 1 fully saturated rings. The predicted molar refractivity (Wildman–Crippen MR) is 78.2 cm³/mol. The summed E-state index contributed by atoms with van der Waals surface area (Å²) in [6.07, 6.45) is 7.32. The molecule has 3 heterocycles. The van der Waals surface area contributed by atoms with E-state index < -0.39 is 0 Å². The number of carbonyl (C=O) groups excluding carboxylic acids is 1. The Morgan fingerprint density at radius 3 is 2.50 bits per heavy atom. The van der Waals surface area contributed by atoms with Crippen LogP contribution in [0.5, 0.6) is 0 Å². The molecule has 5 nitrogen and oxygen atoms in total. The Balaban J connectivity index is 1.60. The first-order valence-electron chi connectivity index (χ1n) is 6.54. The number of nitrogens with zero attached hydrogens (tertiary/aromatic N) is 4. The van der Waals surface area contributed by atoms with Crippen molar-refractivity contribution in [2.75, 3.05) is 13.1 Å². The lowest BCUT2D eigenvalue weighted by Crippen LogP contribution is -2.51. The van der Waals surface area contributed by atoms with Crippen molar-refractivity contribution in [2.24, 2.45) is 0 Å². The van der Waals surface area contributed by atoms with Gasteiger partial charge in [0.05, 0.1) is 10.4 Å². The summed E-state index contributed by atoms with van der Waals surface area (Å²) in [6.45, 7) is 3.32. The summed E-state index contributed by atoms with van der Waals surface area (Å²) < 4.78 is 2.79. The highest BCUT2D eigenvalue weighted by Crippen LogP contribution is 2.27. The minimum absolute atomic E-state index is 0.148. The molecule has 2 aromatic heterocycles. The molecule has 0 bridgehead atoms. The van der Waals surface area contributed by atoms with Gasteiger partial charge in [-0.2, -0.15) is 0 Å². The second-order valence-electron chi connectivity index (χ2n) is 5.01. The van der Waals surface area contributed by atoms with Gasteiger partial charge in [0.15, 0.2) is 0 Å². The number of rotatable bonds is 3. The van der Waals surface area contributed by atoms with Crippen LogP contribution in [-0.4, -0.2) is 38.4 Å². The fourth-order valence-corrected chi connectivity index (χ4v) is 2.56. The van der Waals surface area contributed by atoms with Crippen LogP contribution in [0.25, 0.3) is 0 Å². The highest BCUT2D eigenvalue weighted by atomic mass is 79.9. The van der Waals surface area contributed by atoms with E-state index in [0.29, 0.717) is 13.1 Å². The van der Waals surface area contributed by atoms with Gasteiger partial charge in [0, 0.05) is 37.9 Å². The maximum absolute atomic E-state index is 12.3. The molecule has 0 spiro atoms. The van der Waals surface area contributed by atoms with Crippen molar-refractivity contribution in [2.45, 2.75) is 18.9 Å². The van der Waals surface area contributed by atoms with Crippen LogP contribution < -0.4 is 0 Å². The predicted octanol–water partition coefficient (Wildman–Crippen LogP) is 2.23. The Kier molecular flexibility index (Phi) is 3.56. The Labute approximate surface area is 125 Å². The van der Waals surface area contributed by atoms with E-state index in [4.69, 9.17) is 0 Å². The first-order chi connectivity index (χ1) is 9.65. The molecule has 20 heavy (non-hydrogen) atoms. The van der Waals surface area contributed by atoms with Gasteiger partial charge in [-0.15, -0.1) is 0 Å². The first-order valence-corrected chi connectivity index (χ1v) is 7.33. The van der Waals surface area contributed by atoms with Gasteiger partial charge in [0.1, 0.15) is 11.9 Å². The minimum Gasteiger partial charge on any atom is -0.342 e. The fourth-order valence-electron chi connectivity index (χ4n) is 2.35. The summed E-state index contributed by atoms with van der Waals surface area (Å²) in [5.74, 6) is 1.21. The van der Waals surface area contributed by atoms with Crippen molar-refractivity contribution in [1.82, 2.24) is 19.4 Å². The summed E-state index contributed by atoms with van der Waals surface area (Å²) in [5, 5.41) is 0. The summed E-state index contributed by atoms with van der Waals surface area (Å²) >= 11 is 3.32. The van der Waals surface area contributed by atoms with Crippen molar-refractivity contribution in [3.63, 3.8) is 0 Å². The van der Waals surface area contributed by atoms with Gasteiger partial charge < -0.3 is 9.47 Å². The van der Waals surface area contributed by atoms with Crippen LogP contribution in [0, 0.1) is 0 Å². The molecule has 3 rings (SSSR count). The third-order valence-corrected chi connectivity index (χ3v) is 4.04. The average Bonchev–Trinajstić information content (AvgIpc) is 2.92. The topological polar surface area (TPSA) is 51.0 Å². The number of hydrogen-bond donors (Lipinski definition) is 0. The zero-order valence-corrected chi connectivity index (χ0v) is 12.7. The number of carbonyl (C=O) groups is 1. The molecule has 1 saturated heterocycles. The quantitative estimate of drug-likeness (QED) is 0.864. The SMILES string of the molecule is CC(C(=O)N1CC(c2ncc(Br)cn2)C1)n1cccc1. The molecule has 0 N–H and O–H groups in total. The highest BCUT2D eigenvalue weighted by Gasteiger charge is 2.35. The maximum Gasteiger partial charge on any atom is 0.245 e. The maximum atomic E-state index is 12.3. The van der Waals surface area contributed by atoms with Crippen molar-refractivity contribution >= 4 is 21.8 Å². The molecular formula is C14H15BrN4O. The van der Waals surface area contributed by atoms with Crippen molar-refractivity contribution < 1.29 is 4.79 Å². The van der Waals surface area contributed by atoms with Gasteiger partial charge in [0.25, 0.3) is 0 Å². The zero-order valence-electron chi connectivity index (χ0n) is 11.1. The molecular weight excluding hydrogens is 320 g/mol. The summed E-state index contributed by atoms with van der Waals surface area (Å²) in [7, 11) is 0. The summed E-state index contributed by atoms with van der Waals surface area (Å²) in [4.78, 5) is 22.7. The Hall–Kier alpha value is -1.69. The van der Waals surface area contributed by atoms with Gasteiger partial charge in [-0.1, -0.05) is 0 Å². The van der Waals surface area contributed by atoms with Gasteiger partial charge in [-0.3, -0.25) is 4.79 Å². The lowest BCUT2D eigenvalue weighted by Gasteiger charge is -2.39. The molecule has 1 atom stereocenters. The standard InChI is InChI=1S/C14H15BrN4O/c1-10(18-4-2-3-5-18)14(20)19-8-11(9-19)13-16-6-12(15)7-17-13/h2-7,10-11H,8-9H2,1H3. The van der Waals surface area contributed by atoms with Crippen LogP contribution in [0.2, 0.25) is 0 Å². The van der Waals surface area contributed by atoms with Crippen molar-refractivity contribution in [1.29, 1.82) is 0 Å². The lowest BCUT2D eigenvalue weighted by atomic mass is 9.98. The van der Waals surface area contributed by atoms with Gasteiger partial charge in [-0.05, 0) is 35.0 Å². The number of aromatic nitrogens is 3. The van der Waals surface area contributed by atoms with Crippen LogP contribution in [0.3, 0.4) is 0 Å². The zero-order chi connectivity index (χ0) is 14.1. The van der Waals surface area contributed by atoms with Crippen LogP contribution in [-0.2, 0) is 4.79 Å². The lowest BCUT2D eigenvalue weighted by molar-refractivity contribution is -0.138. The summed E-state index contributed by atoms with van der Waals surface area (Å²) in [5.41, 5.74) is 0. The molecule has 0 saturated carbocycles. The van der Waals surface area contributed by atoms with E-state index in [1.807, 2.05) is 40.9 Å². The number of likely N-dealkylation sites (tertiary alicyclic amines) is 1. The van der Waals surface area contributed by atoms with E-state index >= 15 is 0 Å². The monoisotopic (exact) mass is 334 g/mol. The van der Waals surface area contributed by atoms with Gasteiger partial charge in [-0.25, -0.2) is 9.97 Å². The van der Waals surface area contributed by atoms with E-state index in [9.17, 15) is 4.79 Å². The normalized spacial score (nSPS) is 16.8. The van der Waals surface area contributed by atoms with Gasteiger partial charge >= 0.3 is 0 Å². The van der Waals surface area contributed by atoms with E-state index in [1.54, 1.807) is 12.4 Å². The molecule has 1 aliphatic rings. The van der Waals surface area contributed by atoms with E-state index in [1.165, 1.54) is 0 Å². The highest BCUT2D eigenvalue weighted by molar-refractivity contribution is 9.10. The molecule has 2 aromatic rings. The molecule has 104 valence electrons. The average molecular weight is 335 g/mol. The fraction of sp³-hybridized carbons (Fsp3) is 0.357. The molecule has 6 heteroatoms. The van der Waals surface area contributed by atoms with Crippen molar-refractivity contribution in [3.05, 3.63) is 47.2 Å². The van der Waals surface area contributed by atoms with E-state index in [2.05, 4.69) is 25.9 Å². The van der Waals surface area contributed by atoms with Crippen molar-refractivity contribution in [3.8, 4) is 0 Å². The number of amides is 1. The molecule has 0 aliphatic carbocycles. The molecule has 0 aromatic carbocycles. The van der Waals surface area contributed by atoms with Crippen LogP contribution in [0.1, 0.15) is 24.7 Å². The Bertz CT molecular complexity index is 590. The van der Waals surface area contributed by atoms with Crippen LogP contribution in [0.15, 0.2) is 41.4 Å². The van der Waals surface area contributed by atoms with E-state index in [0.717, 1.165) is 10.3 Å². The van der Waals surface area contributed by atoms with Crippen LogP contribution in [0.4, 0.5) is 0 Å². The smallest absolute Gasteiger partial charge is 0.245 e. The molecule has 1 amide bonds. The summed E-state index contributed by atoms with van der Waals surface area (Å²) in [6, 6.07) is 3.70. The van der Waals surface area contributed by atoms with Crippen LogP contribution >= 0.6 is 15.9 Å². The second kappa shape index (κ2) is 5.36.